The van der Waals surface area contributed by atoms with Gasteiger partial charge in [-0.1, -0.05) is 17.7 Å². The van der Waals surface area contributed by atoms with Gasteiger partial charge < -0.3 is 35.9 Å². The molecule has 0 unspecified atom stereocenters. The minimum Gasteiger partial charge on any atom is -0.462 e. The maximum atomic E-state index is 14.3. The molecule has 15 heteroatoms. The number of nitrogens with zero attached hydrogens (tertiary/aromatic N) is 5. The number of rotatable bonds is 7. The van der Waals surface area contributed by atoms with Crippen LogP contribution in [0.25, 0.3) is 11.3 Å². The highest BCUT2D eigenvalue weighted by Crippen LogP contribution is 2.48. The zero-order valence-electron chi connectivity index (χ0n) is 24.1. The van der Waals surface area contributed by atoms with Gasteiger partial charge in [-0.25, -0.2) is 15.0 Å². The third-order valence-corrected chi connectivity index (χ3v) is 8.29. The Bertz CT molecular complexity index is 1690. The van der Waals surface area contributed by atoms with E-state index in [1.165, 1.54) is 19.1 Å². The number of hydrogen-bond acceptors (Lipinski definition) is 11. The summed E-state index contributed by atoms with van der Waals surface area (Å²) in [6.07, 6.45) is -1.50. The van der Waals surface area contributed by atoms with Crippen LogP contribution in [0.5, 0.6) is 5.75 Å². The summed E-state index contributed by atoms with van der Waals surface area (Å²) in [5.41, 5.74) is 11.7. The van der Waals surface area contributed by atoms with Crippen LogP contribution in [0, 0.1) is 6.92 Å². The maximum Gasteiger partial charge on any atom is 0.418 e. The van der Waals surface area contributed by atoms with E-state index in [-0.39, 0.29) is 59.0 Å². The van der Waals surface area contributed by atoms with Crippen molar-refractivity contribution in [1.82, 2.24) is 19.8 Å². The van der Waals surface area contributed by atoms with Crippen LogP contribution in [0.4, 0.5) is 30.5 Å². The first-order valence-corrected chi connectivity index (χ1v) is 14.0. The molecule has 3 aliphatic rings. The average Bonchev–Trinajstić information content (AvgIpc) is 3.07. The SMILES string of the molecule is Cc1cc(N)nc(-c2cc3c4c(c2Cl)NCN=C4N(Cc2cccnc2N)C=C(OCC2(N(C)C)COC2)O3)c1C(F)(F)F. The number of nitrogen functional groups attached to an aromatic ring is 2. The molecule has 3 aromatic rings. The van der Waals surface area contributed by atoms with Crippen molar-refractivity contribution >= 4 is 34.8 Å². The van der Waals surface area contributed by atoms with Gasteiger partial charge in [-0.15, -0.1) is 0 Å². The number of pyridine rings is 2. The fourth-order valence-electron chi connectivity index (χ4n) is 5.32. The highest BCUT2D eigenvalue weighted by Gasteiger charge is 2.43. The van der Waals surface area contributed by atoms with E-state index in [1.807, 2.05) is 25.1 Å². The van der Waals surface area contributed by atoms with Gasteiger partial charge in [0.15, 0.2) is 0 Å². The Labute approximate surface area is 256 Å². The zero-order chi connectivity index (χ0) is 31.4. The molecule has 232 valence electrons. The molecule has 11 nitrogen and oxygen atoms in total. The van der Waals surface area contributed by atoms with Gasteiger partial charge in [0.2, 0.25) is 0 Å². The molecule has 1 saturated heterocycles. The molecular formula is C29H30ClF3N8O3. The molecule has 3 aliphatic heterocycles. The lowest BCUT2D eigenvalue weighted by molar-refractivity contribution is -0.154. The Balaban J connectivity index is 1.51. The minimum absolute atomic E-state index is 0.00568. The van der Waals surface area contributed by atoms with Gasteiger partial charge in [0.25, 0.3) is 0 Å². The van der Waals surface area contributed by atoms with E-state index in [4.69, 9.17) is 37.3 Å². The Morgan fingerprint density at radius 2 is 2.00 bits per heavy atom. The van der Waals surface area contributed by atoms with Crippen LogP contribution >= 0.6 is 11.6 Å². The lowest BCUT2D eigenvalue weighted by Crippen LogP contribution is -2.62. The normalized spacial score (nSPS) is 17.0. The van der Waals surface area contributed by atoms with Crippen molar-refractivity contribution in [2.75, 3.05) is 57.4 Å². The Morgan fingerprint density at radius 3 is 2.66 bits per heavy atom. The van der Waals surface area contributed by atoms with Gasteiger partial charge in [0.1, 0.15) is 42.0 Å². The Kier molecular flexibility index (Phi) is 7.46. The molecule has 1 aromatic carbocycles. The summed E-state index contributed by atoms with van der Waals surface area (Å²) in [4.78, 5) is 16.8. The number of alkyl halides is 3. The van der Waals surface area contributed by atoms with Gasteiger partial charge >= 0.3 is 12.1 Å². The monoisotopic (exact) mass is 630 g/mol. The van der Waals surface area contributed by atoms with Crippen LogP contribution in [-0.4, -0.2) is 71.7 Å². The summed E-state index contributed by atoms with van der Waals surface area (Å²) in [6.45, 7) is 2.79. The van der Waals surface area contributed by atoms with Crippen molar-refractivity contribution in [2.45, 2.75) is 25.2 Å². The Hall–Kier alpha value is -4.27. The first kappa shape index (κ1) is 29.8. The second-order valence-electron chi connectivity index (χ2n) is 11.0. The summed E-state index contributed by atoms with van der Waals surface area (Å²) >= 11 is 6.87. The molecule has 0 radical (unpaired) electrons. The molecule has 0 amide bonds. The molecule has 44 heavy (non-hydrogen) atoms. The number of amidine groups is 1. The highest BCUT2D eigenvalue weighted by atomic mass is 35.5. The summed E-state index contributed by atoms with van der Waals surface area (Å²) in [5.74, 6) is 0.948. The molecule has 1 fully saturated rings. The van der Waals surface area contributed by atoms with E-state index in [0.717, 1.165) is 0 Å². The molecule has 0 atom stereocenters. The van der Waals surface area contributed by atoms with Gasteiger partial charge in [-0.2, -0.15) is 13.2 Å². The number of ether oxygens (including phenoxy) is 3. The number of benzene rings is 1. The average molecular weight is 631 g/mol. The lowest BCUT2D eigenvalue weighted by Gasteiger charge is -2.45. The fraction of sp³-hybridized carbons (Fsp3) is 0.345. The molecule has 0 saturated carbocycles. The number of halogens is 4. The number of likely N-dealkylation sites (N-methyl/N-ethyl adjacent to an activating group) is 1. The van der Waals surface area contributed by atoms with Crippen LogP contribution in [0.15, 0.2) is 47.6 Å². The van der Waals surface area contributed by atoms with Crippen molar-refractivity contribution in [1.29, 1.82) is 0 Å². The van der Waals surface area contributed by atoms with Crippen molar-refractivity contribution < 1.29 is 27.4 Å². The highest BCUT2D eigenvalue weighted by molar-refractivity contribution is 6.37. The smallest absolute Gasteiger partial charge is 0.418 e. The third kappa shape index (κ3) is 5.22. The molecule has 5 N–H and O–H groups in total. The van der Waals surface area contributed by atoms with Crippen LogP contribution in [0.3, 0.4) is 0 Å². The predicted octanol–water partition coefficient (Wildman–Crippen LogP) is 4.46. The predicted molar refractivity (Wildman–Crippen MR) is 160 cm³/mol. The van der Waals surface area contributed by atoms with E-state index in [1.54, 1.807) is 23.4 Å². The van der Waals surface area contributed by atoms with Crippen molar-refractivity contribution in [3.63, 3.8) is 0 Å². The van der Waals surface area contributed by atoms with Crippen molar-refractivity contribution in [3.8, 4) is 17.0 Å². The van der Waals surface area contributed by atoms with Crippen molar-refractivity contribution in [3.05, 3.63) is 69.9 Å². The first-order valence-electron chi connectivity index (χ1n) is 13.6. The number of aryl methyl sites for hydroxylation is 1. The van der Waals surface area contributed by atoms with Gasteiger partial charge in [0.05, 0.1) is 53.5 Å². The van der Waals surface area contributed by atoms with Crippen LogP contribution in [0.1, 0.15) is 22.3 Å². The fourth-order valence-corrected chi connectivity index (χ4v) is 5.63. The molecule has 0 aliphatic carbocycles. The summed E-state index contributed by atoms with van der Waals surface area (Å²) in [6, 6.07) is 6.19. The van der Waals surface area contributed by atoms with E-state index in [0.29, 0.717) is 41.7 Å². The molecule has 2 aromatic heterocycles. The first-order chi connectivity index (χ1) is 20.9. The van der Waals surface area contributed by atoms with Crippen LogP contribution < -0.4 is 21.5 Å². The number of aliphatic imine (C=N–C) groups is 1. The third-order valence-electron chi connectivity index (χ3n) is 7.89. The Morgan fingerprint density at radius 1 is 1.23 bits per heavy atom. The van der Waals surface area contributed by atoms with E-state index < -0.39 is 17.4 Å². The topological polar surface area (TPSA) is 136 Å². The van der Waals surface area contributed by atoms with Crippen molar-refractivity contribution in [2.24, 2.45) is 4.99 Å². The summed E-state index contributed by atoms with van der Waals surface area (Å²) < 4.78 is 61.0. The van der Waals surface area contributed by atoms with Gasteiger partial charge in [-0.05, 0) is 44.8 Å². The number of anilines is 3. The van der Waals surface area contributed by atoms with E-state index >= 15 is 0 Å². The van der Waals surface area contributed by atoms with Gasteiger partial charge in [0, 0.05) is 17.3 Å². The zero-order valence-corrected chi connectivity index (χ0v) is 24.9. The van der Waals surface area contributed by atoms with Crippen LogP contribution in [-0.2, 0) is 22.2 Å². The minimum atomic E-state index is -4.73. The lowest BCUT2D eigenvalue weighted by atomic mass is 9.97. The van der Waals surface area contributed by atoms with Crippen LogP contribution in [0.2, 0.25) is 5.02 Å². The largest absolute Gasteiger partial charge is 0.462 e. The van der Waals surface area contributed by atoms with E-state index in [2.05, 4.69) is 20.3 Å². The molecule has 5 heterocycles. The number of aromatic nitrogens is 2. The summed E-state index contributed by atoms with van der Waals surface area (Å²) in [5, 5.41) is 3.11. The quantitative estimate of drug-likeness (QED) is 0.343. The second kappa shape index (κ2) is 11.0. The molecule has 0 bridgehead atoms. The van der Waals surface area contributed by atoms with E-state index in [9.17, 15) is 13.2 Å². The molecule has 6 rings (SSSR count). The number of hydrogen-bond donors (Lipinski definition) is 3. The standard InChI is InChI=1S/C29H30ClF3N8O3/c1-15-7-19(34)39-24(22(15)29(31,32)33)17-8-18-21-25(23(17)30)37-14-38-27(21)41(9-16-5-4-6-36-26(16)35)10-20(44-18)43-13-28(40(2)3)11-42-12-28/h4-8,10,37H,9,11-14H2,1-3H3,(H2,34,39)(H2,35,36). The molecular weight excluding hydrogens is 601 g/mol. The number of nitrogens with one attached hydrogen (secondary N) is 1. The second-order valence-corrected chi connectivity index (χ2v) is 11.4. The van der Waals surface area contributed by atoms with Gasteiger partial charge in [-0.3, -0.25) is 4.90 Å². The summed E-state index contributed by atoms with van der Waals surface area (Å²) in [7, 11) is 3.86. The molecule has 0 spiro atoms. The number of nitrogens with two attached hydrogens (primary N) is 2. The maximum absolute atomic E-state index is 14.3.